The molecule has 3 aromatic rings. The average Bonchev–Trinajstić information content (AvgIpc) is 2.91. The number of benzene rings is 2. The molecule has 2 aromatic carbocycles. The number of carbonyl (C=O) groups is 2. The van der Waals surface area contributed by atoms with Gasteiger partial charge in [-0.25, -0.2) is 0 Å². The molecular weight excluding hydrogens is 375 g/mol. The molecule has 0 atom stereocenters. The first-order valence-electron chi connectivity index (χ1n) is 7.89. The standard InChI is InChI=1S/C19H16Cl2N2O3/c1-10-12(9-16(24)22-2)11-5-3-8-15(18(11)26-10)23-19(25)17-13(20)6-4-7-14(17)21/h3-8H,9H2,1-2H3,(H,22,24)(H,23,25). The summed E-state index contributed by atoms with van der Waals surface area (Å²) in [7, 11) is 1.58. The number of nitrogens with one attached hydrogen (secondary N) is 2. The number of furan rings is 1. The maximum absolute atomic E-state index is 12.6. The summed E-state index contributed by atoms with van der Waals surface area (Å²) in [6.45, 7) is 1.79. The van der Waals surface area contributed by atoms with Gasteiger partial charge in [0.15, 0.2) is 5.58 Å². The SMILES string of the molecule is CNC(=O)Cc1c(C)oc2c(NC(=O)c3c(Cl)cccc3Cl)cccc12. The van der Waals surface area contributed by atoms with Crippen molar-refractivity contribution in [1.29, 1.82) is 0 Å². The maximum atomic E-state index is 12.6. The van der Waals surface area contributed by atoms with Crippen molar-refractivity contribution >= 4 is 51.7 Å². The van der Waals surface area contributed by atoms with Crippen molar-refractivity contribution in [1.82, 2.24) is 5.32 Å². The second kappa shape index (κ2) is 7.40. The quantitative estimate of drug-likeness (QED) is 0.684. The minimum atomic E-state index is -0.435. The predicted octanol–water partition coefficient (Wildman–Crippen LogP) is 4.59. The third kappa shape index (κ3) is 3.41. The van der Waals surface area contributed by atoms with Gasteiger partial charge < -0.3 is 15.1 Å². The van der Waals surface area contributed by atoms with Gasteiger partial charge in [-0.1, -0.05) is 41.4 Å². The van der Waals surface area contributed by atoms with E-state index >= 15 is 0 Å². The van der Waals surface area contributed by atoms with Crippen LogP contribution in [0, 0.1) is 6.92 Å². The Morgan fingerprint density at radius 1 is 1.08 bits per heavy atom. The molecular formula is C19H16Cl2N2O3. The Morgan fingerprint density at radius 2 is 1.73 bits per heavy atom. The summed E-state index contributed by atoms with van der Waals surface area (Å²) in [5.74, 6) is 0.0733. The van der Waals surface area contributed by atoms with Gasteiger partial charge in [0.2, 0.25) is 5.91 Å². The molecule has 5 nitrogen and oxygen atoms in total. The maximum Gasteiger partial charge on any atom is 0.258 e. The summed E-state index contributed by atoms with van der Waals surface area (Å²) < 4.78 is 5.81. The van der Waals surface area contributed by atoms with Crippen molar-refractivity contribution < 1.29 is 14.0 Å². The second-order valence-electron chi connectivity index (χ2n) is 5.72. The molecule has 0 aliphatic rings. The van der Waals surface area contributed by atoms with Crippen LogP contribution in [0.5, 0.6) is 0 Å². The Kier molecular flexibility index (Phi) is 5.20. The largest absolute Gasteiger partial charge is 0.459 e. The molecule has 0 aliphatic carbocycles. The van der Waals surface area contributed by atoms with Gasteiger partial charge in [0.05, 0.1) is 27.7 Å². The number of anilines is 1. The van der Waals surface area contributed by atoms with Gasteiger partial charge in [-0.2, -0.15) is 0 Å². The van der Waals surface area contributed by atoms with Crippen LogP contribution in [0.2, 0.25) is 10.0 Å². The van der Waals surface area contributed by atoms with Gasteiger partial charge in [0.25, 0.3) is 5.91 Å². The number of para-hydroxylation sites is 1. The lowest BCUT2D eigenvalue weighted by Crippen LogP contribution is -2.20. The van der Waals surface area contributed by atoms with Crippen LogP contribution in [0.3, 0.4) is 0 Å². The molecule has 7 heteroatoms. The zero-order chi connectivity index (χ0) is 18.8. The summed E-state index contributed by atoms with van der Waals surface area (Å²) >= 11 is 12.2. The van der Waals surface area contributed by atoms with E-state index in [1.807, 2.05) is 6.07 Å². The molecule has 0 spiro atoms. The van der Waals surface area contributed by atoms with Gasteiger partial charge in [0, 0.05) is 18.0 Å². The number of aryl methyl sites for hydroxylation is 1. The molecule has 134 valence electrons. The minimum Gasteiger partial charge on any atom is -0.459 e. The first-order chi connectivity index (χ1) is 12.4. The lowest BCUT2D eigenvalue weighted by molar-refractivity contribution is -0.119. The van der Waals surface area contributed by atoms with E-state index in [1.54, 1.807) is 44.3 Å². The molecule has 1 heterocycles. The van der Waals surface area contributed by atoms with E-state index in [-0.39, 0.29) is 27.9 Å². The molecule has 0 unspecified atom stereocenters. The van der Waals surface area contributed by atoms with E-state index < -0.39 is 5.91 Å². The van der Waals surface area contributed by atoms with Crippen LogP contribution in [0.4, 0.5) is 5.69 Å². The van der Waals surface area contributed by atoms with Crippen LogP contribution < -0.4 is 10.6 Å². The molecule has 2 amide bonds. The molecule has 3 rings (SSSR count). The van der Waals surface area contributed by atoms with E-state index in [0.29, 0.717) is 17.0 Å². The number of halogens is 2. The number of carbonyl (C=O) groups excluding carboxylic acids is 2. The van der Waals surface area contributed by atoms with Crippen LogP contribution >= 0.6 is 23.2 Å². The molecule has 0 saturated heterocycles. The zero-order valence-corrected chi connectivity index (χ0v) is 15.7. The fourth-order valence-electron chi connectivity index (χ4n) is 2.76. The fourth-order valence-corrected chi connectivity index (χ4v) is 3.32. The second-order valence-corrected chi connectivity index (χ2v) is 6.53. The summed E-state index contributed by atoms with van der Waals surface area (Å²) in [5.41, 5.74) is 1.96. The fraction of sp³-hybridized carbons (Fsp3) is 0.158. The molecule has 0 saturated carbocycles. The van der Waals surface area contributed by atoms with E-state index in [2.05, 4.69) is 10.6 Å². The van der Waals surface area contributed by atoms with Gasteiger partial charge in [-0.05, 0) is 25.1 Å². The monoisotopic (exact) mass is 390 g/mol. The summed E-state index contributed by atoms with van der Waals surface area (Å²) in [6, 6.07) is 10.2. The molecule has 1 aromatic heterocycles. The van der Waals surface area contributed by atoms with Crippen LogP contribution in [-0.2, 0) is 11.2 Å². The highest BCUT2D eigenvalue weighted by atomic mass is 35.5. The van der Waals surface area contributed by atoms with Gasteiger partial charge >= 0.3 is 0 Å². The third-order valence-corrected chi connectivity index (χ3v) is 4.70. The molecule has 0 bridgehead atoms. The number of rotatable bonds is 4. The summed E-state index contributed by atoms with van der Waals surface area (Å²) in [6.07, 6.45) is 0.197. The number of likely N-dealkylation sites (N-methyl/N-ethyl adjacent to an activating group) is 1. The van der Waals surface area contributed by atoms with E-state index in [9.17, 15) is 9.59 Å². The van der Waals surface area contributed by atoms with E-state index in [4.69, 9.17) is 27.6 Å². The molecule has 0 radical (unpaired) electrons. The normalized spacial score (nSPS) is 10.8. The number of hydrogen-bond donors (Lipinski definition) is 2. The van der Waals surface area contributed by atoms with Crippen molar-refractivity contribution in [2.45, 2.75) is 13.3 Å². The Hall–Kier alpha value is -2.50. The van der Waals surface area contributed by atoms with Crippen molar-refractivity contribution in [3.63, 3.8) is 0 Å². The Balaban J connectivity index is 2.00. The molecule has 2 N–H and O–H groups in total. The van der Waals surface area contributed by atoms with Gasteiger partial charge in [-0.3, -0.25) is 9.59 Å². The zero-order valence-electron chi connectivity index (χ0n) is 14.2. The predicted molar refractivity (Wildman–Crippen MR) is 103 cm³/mol. The minimum absolute atomic E-state index is 0.118. The summed E-state index contributed by atoms with van der Waals surface area (Å²) in [4.78, 5) is 24.4. The van der Waals surface area contributed by atoms with Gasteiger partial charge in [0.1, 0.15) is 5.76 Å². The first-order valence-corrected chi connectivity index (χ1v) is 8.65. The van der Waals surface area contributed by atoms with Crippen LogP contribution in [-0.4, -0.2) is 18.9 Å². The lowest BCUT2D eigenvalue weighted by Gasteiger charge is -2.09. The number of fused-ring (bicyclic) bond motifs is 1. The topological polar surface area (TPSA) is 71.3 Å². The smallest absolute Gasteiger partial charge is 0.258 e. The summed E-state index contributed by atoms with van der Waals surface area (Å²) in [5, 5.41) is 6.68. The Morgan fingerprint density at radius 3 is 2.38 bits per heavy atom. The number of hydrogen-bond acceptors (Lipinski definition) is 3. The van der Waals surface area contributed by atoms with Crippen LogP contribution in [0.1, 0.15) is 21.7 Å². The third-order valence-electron chi connectivity index (χ3n) is 4.07. The van der Waals surface area contributed by atoms with Crippen molar-refractivity contribution in [2.24, 2.45) is 0 Å². The van der Waals surface area contributed by atoms with Crippen LogP contribution in [0.15, 0.2) is 40.8 Å². The Labute approximate surface area is 160 Å². The first kappa shape index (κ1) is 18.3. The van der Waals surface area contributed by atoms with E-state index in [0.717, 1.165) is 10.9 Å². The highest BCUT2D eigenvalue weighted by Crippen LogP contribution is 2.33. The van der Waals surface area contributed by atoms with E-state index in [1.165, 1.54) is 0 Å². The molecule has 26 heavy (non-hydrogen) atoms. The van der Waals surface area contributed by atoms with Crippen molar-refractivity contribution in [3.05, 3.63) is 63.3 Å². The lowest BCUT2D eigenvalue weighted by atomic mass is 10.1. The Bertz CT molecular complexity index is 991. The van der Waals surface area contributed by atoms with Gasteiger partial charge in [-0.15, -0.1) is 0 Å². The average molecular weight is 391 g/mol. The molecule has 0 aliphatic heterocycles. The highest BCUT2D eigenvalue weighted by Gasteiger charge is 2.19. The van der Waals surface area contributed by atoms with Crippen molar-refractivity contribution in [2.75, 3.05) is 12.4 Å². The number of amides is 2. The van der Waals surface area contributed by atoms with Crippen molar-refractivity contribution in [3.8, 4) is 0 Å². The molecule has 0 fully saturated rings. The highest BCUT2D eigenvalue weighted by molar-refractivity contribution is 6.40. The van der Waals surface area contributed by atoms with Crippen LogP contribution in [0.25, 0.3) is 11.0 Å².